The van der Waals surface area contributed by atoms with Crippen LogP contribution in [0.25, 0.3) is 0 Å². The zero-order valence-corrected chi connectivity index (χ0v) is 12.8. The monoisotopic (exact) mass is 307 g/mol. The molecule has 1 fully saturated rings. The van der Waals surface area contributed by atoms with Gasteiger partial charge < -0.3 is 19.5 Å². The number of amides is 1. The molecule has 0 aromatic heterocycles. The highest BCUT2D eigenvalue weighted by Crippen LogP contribution is 2.21. The first-order valence-electron chi connectivity index (χ1n) is 7.33. The first-order chi connectivity index (χ1) is 10.5. The van der Waals surface area contributed by atoms with Crippen molar-refractivity contribution in [1.82, 2.24) is 4.90 Å². The fraction of sp³-hybridized carbons (Fsp3) is 0.500. The van der Waals surface area contributed by atoms with Crippen LogP contribution in [0.3, 0.4) is 0 Å². The first kappa shape index (κ1) is 16.3. The molecule has 1 heterocycles. The minimum atomic E-state index is -1.04. The Morgan fingerprint density at radius 1 is 1.41 bits per heavy atom. The molecule has 1 saturated heterocycles. The topological polar surface area (TPSA) is 76.1 Å². The molecule has 0 saturated carbocycles. The van der Waals surface area contributed by atoms with Crippen LogP contribution < -0.4 is 4.74 Å². The average molecular weight is 307 g/mol. The number of rotatable bonds is 5. The molecule has 2 rings (SSSR count). The number of carboxylic acid groups (broad SMARTS) is 1. The van der Waals surface area contributed by atoms with Crippen LogP contribution in [0.4, 0.5) is 0 Å². The number of para-hydroxylation sites is 1. The number of hydrogen-bond acceptors (Lipinski definition) is 4. The quantitative estimate of drug-likeness (QED) is 0.888. The third kappa shape index (κ3) is 3.98. The molecule has 1 N–H and O–H groups in total. The van der Waals surface area contributed by atoms with Crippen LogP contribution in [-0.2, 0) is 20.7 Å². The summed E-state index contributed by atoms with van der Waals surface area (Å²) in [4.78, 5) is 25.1. The molecule has 120 valence electrons. The van der Waals surface area contributed by atoms with Gasteiger partial charge in [0, 0.05) is 12.1 Å². The van der Waals surface area contributed by atoms with Gasteiger partial charge in [0.25, 0.3) is 0 Å². The van der Waals surface area contributed by atoms with E-state index < -0.39 is 12.0 Å². The van der Waals surface area contributed by atoms with Crippen molar-refractivity contribution in [2.75, 3.05) is 19.8 Å². The molecule has 6 nitrogen and oxygen atoms in total. The normalized spacial score (nSPS) is 18.3. The number of aliphatic carboxylic acids is 1. The van der Waals surface area contributed by atoms with E-state index >= 15 is 0 Å². The maximum Gasteiger partial charge on any atom is 0.328 e. The van der Waals surface area contributed by atoms with Gasteiger partial charge in [-0.1, -0.05) is 18.2 Å². The molecule has 0 unspecified atom stereocenters. The van der Waals surface area contributed by atoms with Crippen LogP contribution in [0.2, 0.25) is 0 Å². The summed E-state index contributed by atoms with van der Waals surface area (Å²) in [7, 11) is 0. The number of hydrogen-bond donors (Lipinski definition) is 1. The lowest BCUT2D eigenvalue weighted by atomic mass is 10.1. The molecule has 6 heteroatoms. The summed E-state index contributed by atoms with van der Waals surface area (Å²) in [5.41, 5.74) is 0.761. The Hall–Kier alpha value is -2.08. The van der Waals surface area contributed by atoms with Gasteiger partial charge in [-0.25, -0.2) is 4.79 Å². The van der Waals surface area contributed by atoms with Crippen LogP contribution >= 0.6 is 0 Å². The van der Waals surface area contributed by atoms with E-state index in [1.54, 1.807) is 0 Å². The van der Waals surface area contributed by atoms with Gasteiger partial charge in [-0.05, 0) is 19.9 Å². The molecule has 0 radical (unpaired) electrons. The molecular formula is C16H21NO5. The van der Waals surface area contributed by atoms with E-state index in [0.29, 0.717) is 18.9 Å². The van der Waals surface area contributed by atoms with Crippen molar-refractivity contribution in [2.24, 2.45) is 0 Å². The zero-order valence-electron chi connectivity index (χ0n) is 12.8. The van der Waals surface area contributed by atoms with Crippen LogP contribution in [0.1, 0.15) is 19.4 Å². The molecule has 0 aliphatic carbocycles. The third-order valence-corrected chi connectivity index (χ3v) is 3.41. The van der Waals surface area contributed by atoms with Crippen molar-refractivity contribution in [2.45, 2.75) is 32.4 Å². The average Bonchev–Trinajstić information content (AvgIpc) is 2.48. The van der Waals surface area contributed by atoms with Crippen LogP contribution in [0, 0.1) is 0 Å². The summed E-state index contributed by atoms with van der Waals surface area (Å²) in [5, 5.41) is 9.20. The maximum absolute atomic E-state index is 12.5. The van der Waals surface area contributed by atoms with Crippen molar-refractivity contribution in [1.29, 1.82) is 0 Å². The molecule has 0 bridgehead atoms. The van der Waals surface area contributed by atoms with E-state index in [1.807, 2.05) is 38.1 Å². The van der Waals surface area contributed by atoms with Gasteiger partial charge in [-0.15, -0.1) is 0 Å². The largest absolute Gasteiger partial charge is 0.491 e. The van der Waals surface area contributed by atoms with Gasteiger partial charge in [-0.2, -0.15) is 0 Å². The summed E-state index contributed by atoms with van der Waals surface area (Å²) in [6.45, 7) is 4.52. The van der Waals surface area contributed by atoms with Crippen LogP contribution in [0.15, 0.2) is 24.3 Å². The summed E-state index contributed by atoms with van der Waals surface area (Å²) in [6, 6.07) is 6.41. The van der Waals surface area contributed by atoms with E-state index in [0.717, 1.165) is 5.56 Å². The van der Waals surface area contributed by atoms with Gasteiger partial charge in [0.1, 0.15) is 5.75 Å². The lowest BCUT2D eigenvalue weighted by molar-refractivity contribution is -0.158. The highest BCUT2D eigenvalue weighted by molar-refractivity contribution is 5.85. The number of carbonyl (C=O) groups excluding carboxylic acids is 1. The molecule has 0 spiro atoms. The standard InChI is InChI=1S/C16H21NO5/c1-11(2)22-14-6-4-3-5-12(14)9-15(18)17-7-8-21-10-13(17)16(19)20/h3-6,11,13H,7-10H2,1-2H3,(H,19,20)/t13-/m1/s1. The Bertz CT molecular complexity index is 543. The first-order valence-corrected chi connectivity index (χ1v) is 7.33. The number of nitrogens with zero attached hydrogens (tertiary/aromatic N) is 1. The van der Waals surface area contributed by atoms with Gasteiger partial charge >= 0.3 is 5.97 Å². The minimum Gasteiger partial charge on any atom is -0.491 e. The fourth-order valence-corrected chi connectivity index (χ4v) is 2.39. The lowest BCUT2D eigenvalue weighted by Crippen LogP contribution is -2.53. The third-order valence-electron chi connectivity index (χ3n) is 3.41. The number of carbonyl (C=O) groups is 2. The van der Waals surface area contributed by atoms with E-state index in [9.17, 15) is 14.7 Å². The van der Waals surface area contributed by atoms with Crippen molar-refractivity contribution < 1.29 is 24.2 Å². The molecule has 1 aliphatic rings. The second-order valence-electron chi connectivity index (χ2n) is 5.47. The van der Waals surface area contributed by atoms with E-state index in [-0.39, 0.29) is 25.0 Å². The van der Waals surface area contributed by atoms with Crippen LogP contribution in [-0.4, -0.2) is 53.8 Å². The molecule has 1 atom stereocenters. The van der Waals surface area contributed by atoms with Gasteiger partial charge in [0.05, 0.1) is 25.7 Å². The lowest BCUT2D eigenvalue weighted by Gasteiger charge is -2.33. The summed E-state index contributed by atoms with van der Waals surface area (Å²) in [5.74, 6) is -0.610. The van der Waals surface area contributed by atoms with Crippen molar-refractivity contribution in [3.63, 3.8) is 0 Å². The zero-order chi connectivity index (χ0) is 16.1. The Balaban J connectivity index is 2.12. The Labute approximate surface area is 129 Å². The number of benzene rings is 1. The number of morpholine rings is 1. The van der Waals surface area contributed by atoms with Gasteiger partial charge in [0.15, 0.2) is 6.04 Å². The second kappa shape index (κ2) is 7.26. The molecule has 22 heavy (non-hydrogen) atoms. The molecule has 1 aliphatic heterocycles. The molecule has 1 aromatic rings. The van der Waals surface area contributed by atoms with Gasteiger partial charge in [-0.3, -0.25) is 4.79 Å². The van der Waals surface area contributed by atoms with Crippen LogP contribution in [0.5, 0.6) is 5.75 Å². The van der Waals surface area contributed by atoms with Crippen molar-refractivity contribution in [3.05, 3.63) is 29.8 Å². The van der Waals surface area contributed by atoms with Crippen molar-refractivity contribution >= 4 is 11.9 Å². The summed E-state index contributed by atoms with van der Waals surface area (Å²) >= 11 is 0. The van der Waals surface area contributed by atoms with E-state index in [1.165, 1.54) is 4.90 Å². The smallest absolute Gasteiger partial charge is 0.328 e. The Morgan fingerprint density at radius 3 is 2.82 bits per heavy atom. The Morgan fingerprint density at radius 2 is 2.14 bits per heavy atom. The predicted molar refractivity (Wildman–Crippen MR) is 79.9 cm³/mol. The molecule has 1 aromatic carbocycles. The van der Waals surface area contributed by atoms with E-state index in [2.05, 4.69) is 0 Å². The maximum atomic E-state index is 12.5. The number of ether oxygens (including phenoxy) is 2. The minimum absolute atomic E-state index is 0.00593. The number of carboxylic acids is 1. The molecule has 1 amide bonds. The van der Waals surface area contributed by atoms with E-state index in [4.69, 9.17) is 9.47 Å². The predicted octanol–water partition coefficient (Wildman–Crippen LogP) is 1.33. The summed E-state index contributed by atoms with van der Waals surface area (Å²) < 4.78 is 10.8. The fourth-order valence-electron chi connectivity index (χ4n) is 2.39. The molecular weight excluding hydrogens is 286 g/mol. The van der Waals surface area contributed by atoms with Gasteiger partial charge in [0.2, 0.25) is 5.91 Å². The summed E-state index contributed by atoms with van der Waals surface area (Å²) in [6.07, 6.45) is 0.124. The van der Waals surface area contributed by atoms with Crippen molar-refractivity contribution in [3.8, 4) is 5.75 Å². The Kier molecular flexibility index (Phi) is 5.38. The highest BCUT2D eigenvalue weighted by Gasteiger charge is 2.32. The second-order valence-corrected chi connectivity index (χ2v) is 5.47. The highest BCUT2D eigenvalue weighted by atomic mass is 16.5. The SMILES string of the molecule is CC(C)Oc1ccccc1CC(=O)N1CCOC[C@@H]1C(=O)O.